The van der Waals surface area contributed by atoms with Crippen molar-refractivity contribution in [3.63, 3.8) is 0 Å². The van der Waals surface area contributed by atoms with Crippen LogP contribution in [0.3, 0.4) is 0 Å². The molecule has 2 aromatic carbocycles. The summed E-state index contributed by atoms with van der Waals surface area (Å²) in [6.07, 6.45) is 0. The zero-order valence-corrected chi connectivity index (χ0v) is 16.0. The van der Waals surface area contributed by atoms with Crippen LogP contribution in [0.2, 0.25) is 0 Å². The topological polar surface area (TPSA) is 122 Å². The second-order valence-electron chi connectivity index (χ2n) is 6.82. The van der Waals surface area contributed by atoms with E-state index in [1.807, 2.05) is 19.1 Å². The van der Waals surface area contributed by atoms with E-state index in [4.69, 9.17) is 4.74 Å². The Labute approximate surface area is 170 Å². The summed E-state index contributed by atoms with van der Waals surface area (Å²) in [5.74, 6) is -3.16. The largest absolute Gasteiger partial charge is 0.464 e. The highest BCUT2D eigenvalue weighted by Crippen LogP contribution is 2.39. The maximum atomic E-state index is 13.3. The standard InChI is InChI=1S/C20H16N4O6/c1-11-5-3-4-6-14(11)23-17-15(16(21-23)20(27)30-2)18(25)22(19(17)26)12-7-9-13(10-8-12)24(28)29/h3-10,15,17H,1-2H3/t15-,17+/m0/s1. The number of hydrazone groups is 1. The fourth-order valence-electron chi connectivity index (χ4n) is 3.68. The molecule has 2 aliphatic rings. The molecule has 0 bridgehead atoms. The van der Waals surface area contributed by atoms with Crippen LogP contribution in [0.5, 0.6) is 0 Å². The number of methoxy groups -OCH3 is 1. The third-order valence-electron chi connectivity index (χ3n) is 5.12. The van der Waals surface area contributed by atoms with Gasteiger partial charge >= 0.3 is 5.97 Å². The van der Waals surface area contributed by atoms with Crippen LogP contribution in [0.25, 0.3) is 0 Å². The van der Waals surface area contributed by atoms with Gasteiger partial charge in [-0.15, -0.1) is 0 Å². The number of amides is 2. The summed E-state index contributed by atoms with van der Waals surface area (Å²) in [5, 5.41) is 16.5. The van der Waals surface area contributed by atoms with E-state index >= 15 is 0 Å². The third kappa shape index (κ3) is 2.81. The van der Waals surface area contributed by atoms with Gasteiger partial charge in [0.25, 0.3) is 11.6 Å². The monoisotopic (exact) mass is 408 g/mol. The van der Waals surface area contributed by atoms with Crippen molar-refractivity contribution in [2.45, 2.75) is 13.0 Å². The number of nitrogens with zero attached hydrogens (tertiary/aromatic N) is 4. The van der Waals surface area contributed by atoms with Crippen LogP contribution in [0.4, 0.5) is 17.1 Å². The zero-order chi connectivity index (χ0) is 21.6. The summed E-state index contributed by atoms with van der Waals surface area (Å²) >= 11 is 0. The summed E-state index contributed by atoms with van der Waals surface area (Å²) < 4.78 is 4.77. The third-order valence-corrected chi connectivity index (χ3v) is 5.12. The molecule has 30 heavy (non-hydrogen) atoms. The molecule has 4 rings (SSSR count). The van der Waals surface area contributed by atoms with Gasteiger partial charge in [0.05, 0.1) is 23.4 Å². The highest BCUT2D eigenvalue weighted by molar-refractivity contribution is 6.47. The maximum absolute atomic E-state index is 13.3. The zero-order valence-electron chi connectivity index (χ0n) is 16.0. The van der Waals surface area contributed by atoms with Crippen LogP contribution in [-0.4, -0.2) is 41.6 Å². The number of fused-ring (bicyclic) bond motifs is 1. The first-order valence-electron chi connectivity index (χ1n) is 8.99. The van der Waals surface area contributed by atoms with Crippen LogP contribution in [-0.2, 0) is 19.1 Å². The minimum Gasteiger partial charge on any atom is -0.464 e. The summed E-state index contributed by atoms with van der Waals surface area (Å²) in [7, 11) is 1.17. The van der Waals surface area contributed by atoms with Gasteiger partial charge in [-0.05, 0) is 30.7 Å². The summed E-state index contributed by atoms with van der Waals surface area (Å²) in [6, 6.07) is 11.2. The number of benzene rings is 2. The molecule has 2 heterocycles. The van der Waals surface area contributed by atoms with E-state index in [1.54, 1.807) is 12.1 Å². The number of hydrogen-bond donors (Lipinski definition) is 0. The normalized spacial score (nSPS) is 20.3. The van der Waals surface area contributed by atoms with Crippen molar-refractivity contribution in [3.8, 4) is 0 Å². The second kappa shape index (κ2) is 7.07. The Morgan fingerprint density at radius 1 is 1.10 bits per heavy atom. The Hall–Kier alpha value is -4.08. The first kappa shape index (κ1) is 19.2. The predicted octanol–water partition coefficient (Wildman–Crippen LogP) is 1.81. The lowest BCUT2D eigenvalue weighted by atomic mass is 9.97. The highest BCUT2D eigenvalue weighted by Gasteiger charge is 2.59. The Morgan fingerprint density at radius 2 is 1.77 bits per heavy atom. The molecule has 2 atom stereocenters. The van der Waals surface area contributed by atoms with E-state index in [-0.39, 0.29) is 17.1 Å². The molecule has 0 aromatic heterocycles. The van der Waals surface area contributed by atoms with E-state index in [1.165, 1.54) is 36.4 Å². The van der Waals surface area contributed by atoms with Gasteiger partial charge in [-0.3, -0.25) is 24.7 Å². The Balaban J connectivity index is 1.79. The van der Waals surface area contributed by atoms with Crippen molar-refractivity contribution < 1.29 is 24.0 Å². The molecule has 0 unspecified atom stereocenters. The number of nitro groups is 1. The van der Waals surface area contributed by atoms with Crippen molar-refractivity contribution in [2.24, 2.45) is 11.0 Å². The smallest absolute Gasteiger partial charge is 0.355 e. The Bertz CT molecular complexity index is 1110. The van der Waals surface area contributed by atoms with Crippen molar-refractivity contribution in [3.05, 3.63) is 64.2 Å². The summed E-state index contributed by atoms with van der Waals surface area (Å²) in [5.41, 5.74) is 1.24. The van der Waals surface area contributed by atoms with E-state index in [2.05, 4.69) is 5.10 Å². The fraction of sp³-hybridized carbons (Fsp3) is 0.200. The van der Waals surface area contributed by atoms with Gasteiger partial charge in [0.2, 0.25) is 5.91 Å². The van der Waals surface area contributed by atoms with Crippen LogP contribution in [0, 0.1) is 23.0 Å². The van der Waals surface area contributed by atoms with Crippen LogP contribution in [0.1, 0.15) is 5.56 Å². The van der Waals surface area contributed by atoms with Gasteiger partial charge in [0, 0.05) is 12.1 Å². The first-order valence-corrected chi connectivity index (χ1v) is 8.99. The average molecular weight is 408 g/mol. The maximum Gasteiger partial charge on any atom is 0.355 e. The number of para-hydroxylation sites is 1. The SMILES string of the molecule is COC(=O)C1=NN(c2ccccc2C)[C@H]2C(=O)N(c3ccc([N+](=O)[O-])cc3)C(=O)[C@@H]12. The molecule has 2 aliphatic heterocycles. The van der Waals surface area contributed by atoms with Gasteiger partial charge in [0.1, 0.15) is 12.0 Å². The molecule has 152 valence electrons. The number of carbonyl (C=O) groups excluding carboxylic acids is 3. The number of anilines is 2. The summed E-state index contributed by atoms with van der Waals surface area (Å²) in [4.78, 5) is 50.0. The number of carbonyl (C=O) groups is 3. The van der Waals surface area contributed by atoms with Crippen LogP contribution < -0.4 is 9.91 Å². The number of rotatable bonds is 4. The minimum absolute atomic E-state index is 0.159. The van der Waals surface area contributed by atoms with Crippen LogP contribution in [0.15, 0.2) is 53.6 Å². The van der Waals surface area contributed by atoms with Crippen molar-refractivity contribution in [2.75, 3.05) is 17.0 Å². The molecule has 2 amide bonds. The predicted molar refractivity (Wildman–Crippen MR) is 106 cm³/mol. The molecule has 0 saturated carbocycles. The van der Waals surface area contributed by atoms with Crippen LogP contribution >= 0.6 is 0 Å². The Kier molecular flexibility index (Phi) is 4.53. The second-order valence-corrected chi connectivity index (χ2v) is 6.82. The lowest BCUT2D eigenvalue weighted by Gasteiger charge is -2.23. The molecule has 10 heteroatoms. The molecule has 0 spiro atoms. The molecule has 0 aliphatic carbocycles. The molecule has 0 N–H and O–H groups in total. The van der Waals surface area contributed by atoms with Crippen molar-refractivity contribution in [1.29, 1.82) is 0 Å². The molecule has 1 fully saturated rings. The molecule has 1 saturated heterocycles. The molecular formula is C20H16N4O6. The fourth-order valence-corrected chi connectivity index (χ4v) is 3.68. The van der Waals surface area contributed by atoms with Gasteiger partial charge < -0.3 is 4.74 Å². The number of imide groups is 1. The lowest BCUT2D eigenvalue weighted by Crippen LogP contribution is -2.39. The van der Waals surface area contributed by atoms with E-state index in [0.29, 0.717) is 5.69 Å². The molecular weight excluding hydrogens is 392 g/mol. The van der Waals surface area contributed by atoms with E-state index in [0.717, 1.165) is 10.5 Å². The quantitative estimate of drug-likeness (QED) is 0.327. The van der Waals surface area contributed by atoms with Gasteiger partial charge in [0.15, 0.2) is 5.71 Å². The van der Waals surface area contributed by atoms with Crippen molar-refractivity contribution >= 4 is 40.6 Å². The van der Waals surface area contributed by atoms with Gasteiger partial charge in [-0.25, -0.2) is 9.69 Å². The molecule has 0 radical (unpaired) electrons. The van der Waals surface area contributed by atoms with E-state index < -0.39 is 34.7 Å². The highest BCUT2D eigenvalue weighted by atomic mass is 16.6. The number of esters is 1. The average Bonchev–Trinajstić information content (AvgIpc) is 3.25. The van der Waals surface area contributed by atoms with Crippen molar-refractivity contribution in [1.82, 2.24) is 0 Å². The minimum atomic E-state index is -1.14. The summed E-state index contributed by atoms with van der Waals surface area (Å²) in [6.45, 7) is 1.82. The number of ether oxygens (including phenoxy) is 1. The molecule has 2 aromatic rings. The molecule has 10 nitrogen and oxygen atoms in total. The number of hydrogen-bond acceptors (Lipinski definition) is 8. The lowest BCUT2D eigenvalue weighted by molar-refractivity contribution is -0.384. The number of non-ortho nitro benzene ring substituents is 1. The number of nitro benzene ring substituents is 1. The van der Waals surface area contributed by atoms with Gasteiger partial charge in [-0.1, -0.05) is 18.2 Å². The van der Waals surface area contributed by atoms with Gasteiger partial charge in [-0.2, -0.15) is 5.10 Å². The number of aryl methyl sites for hydroxylation is 1. The van der Waals surface area contributed by atoms with E-state index in [9.17, 15) is 24.5 Å². The first-order chi connectivity index (χ1) is 14.3. The Morgan fingerprint density at radius 3 is 2.37 bits per heavy atom.